The van der Waals surface area contributed by atoms with E-state index in [1.165, 1.54) is 11.1 Å². The van der Waals surface area contributed by atoms with Crippen LogP contribution in [0.5, 0.6) is 0 Å². The van der Waals surface area contributed by atoms with Crippen LogP contribution in [-0.2, 0) is 16.6 Å². The quantitative estimate of drug-likeness (QED) is 0.871. The molecule has 2 aromatic rings. The molecule has 1 N–H and O–H groups in total. The van der Waals surface area contributed by atoms with Crippen molar-refractivity contribution in [1.82, 2.24) is 19.2 Å². The maximum Gasteiger partial charge on any atom is 0.334 e. The van der Waals surface area contributed by atoms with Gasteiger partial charge < -0.3 is 19.3 Å². The number of aliphatic carboxylic acids is 1. The summed E-state index contributed by atoms with van der Waals surface area (Å²) in [4.78, 5) is 25.2. The summed E-state index contributed by atoms with van der Waals surface area (Å²) in [7, 11) is 1.76. The normalized spacial score (nSPS) is 18.4. The number of ether oxygens (including phenoxy) is 1. The monoisotopic (exact) mass is 304 g/mol. The molecule has 0 spiro atoms. The molecular weight excluding hydrogens is 288 g/mol. The zero-order valence-corrected chi connectivity index (χ0v) is 12.0. The Morgan fingerprint density at radius 3 is 2.77 bits per heavy atom. The first kappa shape index (κ1) is 14.3. The highest BCUT2D eigenvalue weighted by Gasteiger charge is 2.31. The first-order chi connectivity index (χ1) is 10.6. The second-order valence-corrected chi connectivity index (χ2v) is 5.04. The van der Waals surface area contributed by atoms with Gasteiger partial charge in [-0.3, -0.25) is 9.48 Å². The third kappa shape index (κ3) is 2.48. The number of carbonyl (C=O) groups excluding carboxylic acids is 1. The van der Waals surface area contributed by atoms with Gasteiger partial charge in [0.2, 0.25) is 0 Å². The lowest BCUT2D eigenvalue weighted by molar-refractivity contribution is -0.154. The van der Waals surface area contributed by atoms with Crippen LogP contribution in [0.15, 0.2) is 30.7 Å². The van der Waals surface area contributed by atoms with Gasteiger partial charge in [-0.1, -0.05) is 0 Å². The van der Waals surface area contributed by atoms with E-state index in [-0.39, 0.29) is 19.1 Å². The fraction of sp³-hybridized carbons (Fsp3) is 0.357. The summed E-state index contributed by atoms with van der Waals surface area (Å²) in [6, 6.07) is 3.72. The third-order valence-corrected chi connectivity index (χ3v) is 3.62. The molecule has 0 unspecified atom stereocenters. The summed E-state index contributed by atoms with van der Waals surface area (Å²) in [5, 5.41) is 13.2. The summed E-state index contributed by atoms with van der Waals surface area (Å²) >= 11 is 0. The molecule has 0 aliphatic carbocycles. The Bertz CT molecular complexity index is 692. The molecule has 116 valence electrons. The van der Waals surface area contributed by atoms with Crippen LogP contribution in [0.2, 0.25) is 0 Å². The summed E-state index contributed by atoms with van der Waals surface area (Å²) < 4.78 is 8.56. The molecule has 1 aliphatic heterocycles. The minimum absolute atomic E-state index is 0.0359. The number of carboxylic acids is 1. The molecule has 1 atom stereocenters. The molecule has 1 aliphatic rings. The van der Waals surface area contributed by atoms with Crippen molar-refractivity contribution in [3.63, 3.8) is 0 Å². The van der Waals surface area contributed by atoms with E-state index in [2.05, 4.69) is 5.10 Å². The summed E-state index contributed by atoms with van der Waals surface area (Å²) in [6.45, 7) is 0.610. The van der Waals surface area contributed by atoms with Crippen LogP contribution < -0.4 is 0 Å². The van der Waals surface area contributed by atoms with Crippen molar-refractivity contribution in [1.29, 1.82) is 0 Å². The highest BCUT2D eigenvalue weighted by Crippen LogP contribution is 2.18. The minimum atomic E-state index is -1.06. The number of morpholine rings is 1. The summed E-state index contributed by atoms with van der Waals surface area (Å²) in [5.41, 5.74) is 0.435. The lowest BCUT2D eigenvalue weighted by Gasteiger charge is -2.30. The van der Waals surface area contributed by atoms with Crippen molar-refractivity contribution in [2.45, 2.75) is 6.10 Å². The van der Waals surface area contributed by atoms with Gasteiger partial charge in [-0.25, -0.2) is 4.79 Å². The fourth-order valence-electron chi connectivity index (χ4n) is 2.52. The van der Waals surface area contributed by atoms with Crippen molar-refractivity contribution >= 4 is 11.9 Å². The van der Waals surface area contributed by atoms with E-state index in [0.717, 1.165) is 0 Å². The Morgan fingerprint density at radius 1 is 1.36 bits per heavy atom. The molecule has 2 aromatic heterocycles. The number of amides is 1. The molecule has 0 saturated carbocycles. The number of aromatic nitrogens is 3. The van der Waals surface area contributed by atoms with E-state index in [0.29, 0.717) is 17.9 Å². The van der Waals surface area contributed by atoms with E-state index >= 15 is 0 Å². The largest absolute Gasteiger partial charge is 0.479 e. The number of carbonyl (C=O) groups is 2. The maximum atomic E-state index is 12.7. The summed E-state index contributed by atoms with van der Waals surface area (Å²) in [5.74, 6) is -0.658. The Balaban J connectivity index is 1.88. The van der Waals surface area contributed by atoms with Crippen LogP contribution in [0.1, 0.15) is 10.4 Å². The zero-order chi connectivity index (χ0) is 15.7. The van der Waals surface area contributed by atoms with E-state index in [4.69, 9.17) is 9.84 Å². The van der Waals surface area contributed by atoms with Gasteiger partial charge in [0.15, 0.2) is 6.10 Å². The van der Waals surface area contributed by atoms with Crippen LogP contribution in [0, 0.1) is 0 Å². The first-order valence-electron chi connectivity index (χ1n) is 6.87. The smallest absolute Gasteiger partial charge is 0.334 e. The predicted molar refractivity (Wildman–Crippen MR) is 75.8 cm³/mol. The topological polar surface area (TPSA) is 89.6 Å². The van der Waals surface area contributed by atoms with Crippen LogP contribution in [-0.4, -0.2) is 62.0 Å². The highest BCUT2D eigenvalue weighted by atomic mass is 16.5. The first-order valence-corrected chi connectivity index (χ1v) is 6.87. The molecule has 1 amide bonds. The van der Waals surface area contributed by atoms with Crippen molar-refractivity contribution in [2.24, 2.45) is 7.05 Å². The average Bonchev–Trinajstić information content (AvgIpc) is 3.15. The predicted octanol–water partition coefficient (Wildman–Crippen LogP) is 0.136. The highest BCUT2D eigenvalue weighted by molar-refractivity contribution is 5.97. The van der Waals surface area contributed by atoms with E-state index in [1.807, 2.05) is 24.5 Å². The molecule has 3 rings (SSSR count). The van der Waals surface area contributed by atoms with Crippen LogP contribution in [0.4, 0.5) is 0 Å². The van der Waals surface area contributed by atoms with Gasteiger partial charge in [0.25, 0.3) is 5.91 Å². The van der Waals surface area contributed by atoms with Crippen LogP contribution >= 0.6 is 0 Å². The SMILES string of the molecule is Cn1ncc(C(=O)N2CCO[C@H](C(=O)O)C2)c1-n1cccc1. The second-order valence-electron chi connectivity index (χ2n) is 5.04. The fourth-order valence-corrected chi connectivity index (χ4v) is 2.52. The van der Waals surface area contributed by atoms with Crippen molar-refractivity contribution in [2.75, 3.05) is 19.7 Å². The molecule has 8 heteroatoms. The number of carboxylic acid groups (broad SMARTS) is 1. The molecule has 3 heterocycles. The molecule has 0 bridgehead atoms. The molecule has 1 fully saturated rings. The number of aryl methyl sites for hydroxylation is 1. The number of hydrogen-bond donors (Lipinski definition) is 1. The van der Waals surface area contributed by atoms with Crippen molar-refractivity contribution < 1.29 is 19.4 Å². The lowest BCUT2D eigenvalue weighted by atomic mass is 10.2. The summed E-state index contributed by atoms with van der Waals surface area (Å²) in [6.07, 6.45) is 4.17. The van der Waals surface area contributed by atoms with E-state index in [1.54, 1.807) is 16.3 Å². The van der Waals surface area contributed by atoms with E-state index in [9.17, 15) is 9.59 Å². The third-order valence-electron chi connectivity index (χ3n) is 3.62. The van der Waals surface area contributed by atoms with Crippen molar-refractivity contribution in [3.8, 4) is 5.82 Å². The standard InChI is InChI=1S/C14H16N4O4/c1-16-12(17-4-2-3-5-17)10(8-15-16)13(19)18-6-7-22-11(9-18)14(20)21/h2-5,8,11H,6-7,9H2,1H3,(H,20,21)/t11-/m0/s1. The van der Waals surface area contributed by atoms with Gasteiger partial charge in [-0.15, -0.1) is 0 Å². The Labute approximate surface area is 126 Å². The zero-order valence-electron chi connectivity index (χ0n) is 12.0. The number of nitrogens with zero attached hydrogens (tertiary/aromatic N) is 4. The second kappa shape index (κ2) is 5.64. The Morgan fingerprint density at radius 2 is 2.09 bits per heavy atom. The van der Waals surface area contributed by atoms with Crippen LogP contribution in [0.25, 0.3) is 5.82 Å². The Kier molecular flexibility index (Phi) is 3.68. The minimum Gasteiger partial charge on any atom is -0.479 e. The van der Waals surface area contributed by atoms with Gasteiger partial charge in [-0.2, -0.15) is 5.10 Å². The van der Waals surface area contributed by atoms with Gasteiger partial charge in [-0.05, 0) is 12.1 Å². The number of rotatable bonds is 3. The maximum absolute atomic E-state index is 12.7. The molecule has 0 radical (unpaired) electrons. The Hall–Kier alpha value is -2.61. The van der Waals surface area contributed by atoms with E-state index < -0.39 is 12.1 Å². The molecule has 22 heavy (non-hydrogen) atoms. The molecule has 1 saturated heterocycles. The molecule has 8 nitrogen and oxygen atoms in total. The van der Waals surface area contributed by atoms with Gasteiger partial charge in [0.05, 0.1) is 19.3 Å². The van der Waals surface area contributed by atoms with Gasteiger partial charge in [0.1, 0.15) is 11.4 Å². The van der Waals surface area contributed by atoms with Crippen molar-refractivity contribution in [3.05, 3.63) is 36.3 Å². The lowest BCUT2D eigenvalue weighted by Crippen LogP contribution is -2.48. The molecular formula is C14H16N4O4. The van der Waals surface area contributed by atoms with Crippen LogP contribution in [0.3, 0.4) is 0 Å². The number of hydrogen-bond acceptors (Lipinski definition) is 4. The van der Waals surface area contributed by atoms with Gasteiger partial charge >= 0.3 is 5.97 Å². The molecule has 0 aromatic carbocycles. The van der Waals surface area contributed by atoms with Gasteiger partial charge in [0, 0.05) is 26.0 Å². The average molecular weight is 304 g/mol.